The molecule has 0 unspecified atom stereocenters. The first-order chi connectivity index (χ1) is 9.19. The molecule has 0 saturated carbocycles. The third-order valence-electron chi connectivity index (χ3n) is 3.65. The van der Waals surface area contributed by atoms with Crippen molar-refractivity contribution in [1.82, 2.24) is 10.2 Å². The summed E-state index contributed by atoms with van der Waals surface area (Å²) in [6, 6.07) is 1.70. The van der Waals surface area contributed by atoms with E-state index in [4.69, 9.17) is 0 Å². The Labute approximate surface area is 117 Å². The number of rotatable bonds is 6. The van der Waals surface area contributed by atoms with E-state index < -0.39 is 0 Å². The fourth-order valence-electron chi connectivity index (χ4n) is 2.53. The molecule has 0 radical (unpaired) electrons. The zero-order chi connectivity index (χ0) is 13.7. The minimum Gasteiger partial charge on any atom is -0.317 e. The van der Waals surface area contributed by atoms with Gasteiger partial charge in [-0.15, -0.1) is 0 Å². The Hall–Kier alpha value is -0.980. The molecule has 19 heavy (non-hydrogen) atoms. The van der Waals surface area contributed by atoms with Crippen molar-refractivity contribution in [2.75, 3.05) is 26.2 Å². The second kappa shape index (κ2) is 6.98. The fraction of sp³-hybridized carbons (Fsp3) is 0.692. The molecule has 0 atom stereocenters. The quantitative estimate of drug-likeness (QED) is 0.643. The summed E-state index contributed by atoms with van der Waals surface area (Å²) in [6.07, 6.45) is 2.47. The molecular weight excluding hydrogens is 262 g/mol. The van der Waals surface area contributed by atoms with Crippen LogP contribution in [-0.2, 0) is 6.54 Å². The molecule has 1 aliphatic rings. The molecule has 2 rings (SSSR count). The van der Waals surface area contributed by atoms with Crippen molar-refractivity contribution < 1.29 is 4.92 Å². The van der Waals surface area contributed by atoms with Gasteiger partial charge in [-0.2, -0.15) is 0 Å². The molecule has 1 fully saturated rings. The minimum absolute atomic E-state index is 0.243. The summed E-state index contributed by atoms with van der Waals surface area (Å²) in [5, 5.41) is 16.2. The molecule has 1 saturated heterocycles. The van der Waals surface area contributed by atoms with Gasteiger partial charge in [-0.3, -0.25) is 15.0 Å². The molecule has 2 heterocycles. The highest BCUT2D eigenvalue weighted by Crippen LogP contribution is 2.24. The molecule has 1 aromatic rings. The number of nitrogens with zero attached hydrogens (tertiary/aromatic N) is 2. The maximum Gasteiger partial charge on any atom is 0.324 e. The molecule has 1 aliphatic heterocycles. The number of piperidine rings is 1. The van der Waals surface area contributed by atoms with Crippen LogP contribution in [0.1, 0.15) is 25.3 Å². The molecule has 0 bridgehead atoms. The number of nitro groups is 1. The number of hydrogen-bond donors (Lipinski definition) is 1. The maximum atomic E-state index is 10.7. The van der Waals surface area contributed by atoms with Crippen molar-refractivity contribution >= 4 is 16.3 Å². The second-order valence-corrected chi connectivity index (χ2v) is 5.96. The van der Waals surface area contributed by atoms with E-state index in [0.717, 1.165) is 44.2 Å². The summed E-state index contributed by atoms with van der Waals surface area (Å²) in [4.78, 5) is 12.8. The number of nitrogens with one attached hydrogen (secondary N) is 1. The first kappa shape index (κ1) is 14.4. The Morgan fingerprint density at radius 2 is 2.26 bits per heavy atom. The van der Waals surface area contributed by atoms with Gasteiger partial charge < -0.3 is 5.32 Å². The van der Waals surface area contributed by atoms with E-state index in [9.17, 15) is 10.1 Å². The van der Waals surface area contributed by atoms with Gasteiger partial charge in [-0.25, -0.2) is 0 Å². The van der Waals surface area contributed by atoms with E-state index in [1.54, 1.807) is 6.07 Å². The lowest BCUT2D eigenvalue weighted by Gasteiger charge is -2.29. The lowest BCUT2D eigenvalue weighted by molar-refractivity contribution is -0.380. The van der Waals surface area contributed by atoms with Gasteiger partial charge in [0.05, 0.1) is 4.92 Å². The molecule has 0 spiro atoms. The van der Waals surface area contributed by atoms with Crippen molar-refractivity contribution in [3.8, 4) is 0 Å². The summed E-state index contributed by atoms with van der Waals surface area (Å²) in [7, 11) is 0. The Kier molecular flexibility index (Phi) is 5.30. The number of thiophene rings is 1. The molecule has 0 aromatic carbocycles. The van der Waals surface area contributed by atoms with Crippen LogP contribution in [0, 0.1) is 16.0 Å². The van der Waals surface area contributed by atoms with Crippen LogP contribution < -0.4 is 5.32 Å². The van der Waals surface area contributed by atoms with Crippen LogP contribution in [0.4, 0.5) is 5.00 Å². The van der Waals surface area contributed by atoms with Gasteiger partial charge in [-0.05, 0) is 44.0 Å². The van der Waals surface area contributed by atoms with Crippen molar-refractivity contribution in [3.63, 3.8) is 0 Å². The van der Waals surface area contributed by atoms with Crippen LogP contribution in [-0.4, -0.2) is 36.0 Å². The highest BCUT2D eigenvalue weighted by molar-refractivity contribution is 7.13. The summed E-state index contributed by atoms with van der Waals surface area (Å²) in [5.41, 5.74) is 1.06. The zero-order valence-corrected chi connectivity index (χ0v) is 12.1. The third-order valence-corrected chi connectivity index (χ3v) is 4.58. The van der Waals surface area contributed by atoms with Crippen LogP contribution in [0.25, 0.3) is 0 Å². The van der Waals surface area contributed by atoms with Gasteiger partial charge in [0.2, 0.25) is 0 Å². The van der Waals surface area contributed by atoms with E-state index in [0.29, 0.717) is 0 Å². The Balaban J connectivity index is 1.88. The van der Waals surface area contributed by atoms with Crippen molar-refractivity contribution in [1.29, 1.82) is 0 Å². The standard InChI is InChI=1S/C13H21N3O2S/c1-2-15(8-11-3-5-14-6-4-11)9-12-7-13(16(17)18)19-10-12/h7,10-11,14H,2-6,8-9H2,1H3. The van der Waals surface area contributed by atoms with Gasteiger partial charge >= 0.3 is 5.00 Å². The van der Waals surface area contributed by atoms with Crippen molar-refractivity contribution in [3.05, 3.63) is 27.1 Å². The highest BCUT2D eigenvalue weighted by atomic mass is 32.1. The molecule has 5 nitrogen and oxygen atoms in total. The molecule has 0 amide bonds. The molecule has 1 N–H and O–H groups in total. The Morgan fingerprint density at radius 1 is 1.53 bits per heavy atom. The van der Waals surface area contributed by atoms with E-state index in [1.807, 2.05) is 5.38 Å². The molecule has 106 valence electrons. The molecule has 0 aliphatic carbocycles. The predicted octanol–water partition coefficient (Wildman–Crippen LogP) is 2.48. The van der Waals surface area contributed by atoms with Gasteiger partial charge in [-0.1, -0.05) is 18.3 Å². The first-order valence-electron chi connectivity index (χ1n) is 6.84. The monoisotopic (exact) mass is 283 g/mol. The van der Waals surface area contributed by atoms with Gasteiger partial charge in [0.1, 0.15) is 0 Å². The average molecular weight is 283 g/mol. The van der Waals surface area contributed by atoms with Crippen LogP contribution in [0.15, 0.2) is 11.4 Å². The molecular formula is C13H21N3O2S. The third kappa shape index (κ3) is 4.26. The fourth-order valence-corrected chi connectivity index (χ4v) is 3.25. The summed E-state index contributed by atoms with van der Waals surface area (Å²) >= 11 is 1.22. The molecule has 6 heteroatoms. The lowest BCUT2D eigenvalue weighted by atomic mass is 9.97. The van der Waals surface area contributed by atoms with Gasteiger partial charge in [0.15, 0.2) is 0 Å². The Bertz CT molecular complexity index is 416. The predicted molar refractivity (Wildman–Crippen MR) is 77.5 cm³/mol. The normalized spacial score (nSPS) is 16.9. The van der Waals surface area contributed by atoms with E-state index in [-0.39, 0.29) is 9.92 Å². The minimum atomic E-state index is -0.308. The first-order valence-corrected chi connectivity index (χ1v) is 7.72. The van der Waals surface area contributed by atoms with Crippen LogP contribution in [0.3, 0.4) is 0 Å². The SMILES string of the molecule is CCN(Cc1csc([N+](=O)[O-])c1)CC1CCNCC1. The Morgan fingerprint density at radius 3 is 2.84 bits per heavy atom. The number of hydrogen-bond acceptors (Lipinski definition) is 5. The van der Waals surface area contributed by atoms with Crippen molar-refractivity contribution in [2.24, 2.45) is 5.92 Å². The van der Waals surface area contributed by atoms with Crippen LogP contribution in [0.2, 0.25) is 0 Å². The van der Waals surface area contributed by atoms with Crippen molar-refractivity contribution in [2.45, 2.75) is 26.3 Å². The van der Waals surface area contributed by atoms with Crippen LogP contribution in [0.5, 0.6) is 0 Å². The maximum absolute atomic E-state index is 10.7. The zero-order valence-electron chi connectivity index (χ0n) is 11.3. The summed E-state index contributed by atoms with van der Waals surface area (Å²) in [5.74, 6) is 0.759. The summed E-state index contributed by atoms with van der Waals surface area (Å²) < 4.78 is 0. The smallest absolute Gasteiger partial charge is 0.317 e. The lowest BCUT2D eigenvalue weighted by Crippen LogP contribution is -2.35. The van der Waals surface area contributed by atoms with Crippen LogP contribution >= 0.6 is 11.3 Å². The van der Waals surface area contributed by atoms with E-state index in [2.05, 4.69) is 17.1 Å². The van der Waals surface area contributed by atoms with Gasteiger partial charge in [0, 0.05) is 24.5 Å². The second-order valence-electron chi connectivity index (χ2n) is 5.07. The average Bonchev–Trinajstić information content (AvgIpc) is 2.88. The van der Waals surface area contributed by atoms with E-state index >= 15 is 0 Å². The van der Waals surface area contributed by atoms with Gasteiger partial charge in [0.25, 0.3) is 0 Å². The highest BCUT2D eigenvalue weighted by Gasteiger charge is 2.17. The largest absolute Gasteiger partial charge is 0.324 e. The molecule has 1 aromatic heterocycles. The summed E-state index contributed by atoms with van der Waals surface area (Å²) in [6.45, 7) is 7.31. The topological polar surface area (TPSA) is 58.4 Å². The van der Waals surface area contributed by atoms with E-state index in [1.165, 1.54) is 24.2 Å².